The number of anilines is 2. The van der Waals surface area contributed by atoms with Crippen LogP contribution in [0.25, 0.3) is 0 Å². The van der Waals surface area contributed by atoms with Gasteiger partial charge < -0.3 is 11.5 Å². The average molecular weight is 225 g/mol. The van der Waals surface area contributed by atoms with E-state index in [1.807, 2.05) is 0 Å². The molecule has 9 nitrogen and oxygen atoms in total. The molecule has 0 saturated carbocycles. The number of rotatable bonds is 2. The summed E-state index contributed by atoms with van der Waals surface area (Å²) in [5.41, 5.74) is 10.1. The zero-order chi connectivity index (χ0) is 12.3. The molecule has 0 saturated heterocycles. The van der Waals surface area contributed by atoms with Gasteiger partial charge in [0.2, 0.25) is 0 Å². The number of carbonyl (C=O) groups is 2. The van der Waals surface area contributed by atoms with Crippen LogP contribution >= 0.6 is 0 Å². The van der Waals surface area contributed by atoms with E-state index in [1.54, 1.807) is 0 Å². The van der Waals surface area contributed by atoms with Crippen LogP contribution in [-0.4, -0.2) is 17.0 Å². The highest BCUT2D eigenvalue weighted by Gasteiger charge is 2.18. The molecule has 0 bridgehead atoms. The molecule has 0 unspecified atom stereocenters. The topological polar surface area (TPSA) is 158 Å². The van der Waals surface area contributed by atoms with Gasteiger partial charge >= 0.3 is 12.1 Å². The summed E-state index contributed by atoms with van der Waals surface area (Å²) in [4.78, 5) is 25.5. The lowest BCUT2D eigenvalue weighted by atomic mass is 10.3. The second-order valence-electron chi connectivity index (χ2n) is 2.78. The molecule has 0 radical (unpaired) electrons. The zero-order valence-corrected chi connectivity index (χ0v) is 8.20. The number of hydrazine groups is 2. The molecule has 9 heteroatoms. The molecule has 0 atom stereocenters. The van der Waals surface area contributed by atoms with E-state index in [0.29, 0.717) is 10.0 Å². The summed E-state index contributed by atoms with van der Waals surface area (Å²) in [7, 11) is 0. The maximum atomic E-state index is 10.9. The lowest BCUT2D eigenvalue weighted by molar-refractivity contribution is 0.252. The Kier molecular flexibility index (Phi) is 3.23. The number of nitrogens with two attached hydrogens (primary N) is 4. The van der Waals surface area contributed by atoms with Gasteiger partial charge in [-0.3, -0.25) is 4.98 Å². The van der Waals surface area contributed by atoms with Crippen molar-refractivity contribution in [2.24, 2.45) is 23.2 Å². The first-order valence-corrected chi connectivity index (χ1v) is 4.07. The first-order chi connectivity index (χ1) is 7.45. The SMILES string of the molecule is NC(=O)N(N)c1ccncc1N(N)C(N)=O. The fourth-order valence-electron chi connectivity index (χ4n) is 1.01. The highest BCUT2D eigenvalue weighted by Crippen LogP contribution is 2.24. The van der Waals surface area contributed by atoms with Gasteiger partial charge in [-0.2, -0.15) is 0 Å². The molecule has 1 rings (SSSR count). The molecule has 8 N–H and O–H groups in total. The molecule has 86 valence electrons. The minimum absolute atomic E-state index is 0.0660. The molecular weight excluding hydrogens is 214 g/mol. The van der Waals surface area contributed by atoms with Crippen molar-refractivity contribution >= 4 is 23.4 Å². The quantitative estimate of drug-likeness (QED) is 0.276. The van der Waals surface area contributed by atoms with Crippen molar-refractivity contribution < 1.29 is 9.59 Å². The Balaban J connectivity index is 3.19. The number of amides is 4. The van der Waals surface area contributed by atoms with Crippen LogP contribution in [0.5, 0.6) is 0 Å². The fourth-order valence-corrected chi connectivity index (χ4v) is 1.01. The lowest BCUT2D eigenvalue weighted by Crippen LogP contribution is -2.46. The Hall–Kier alpha value is -2.39. The van der Waals surface area contributed by atoms with E-state index in [9.17, 15) is 9.59 Å². The smallest absolute Gasteiger partial charge is 0.333 e. The molecule has 0 fully saturated rings. The van der Waals surface area contributed by atoms with Gasteiger partial charge in [0, 0.05) is 6.20 Å². The first-order valence-electron chi connectivity index (χ1n) is 4.07. The Morgan fingerprint density at radius 3 is 2.06 bits per heavy atom. The minimum atomic E-state index is -0.924. The van der Waals surface area contributed by atoms with Crippen LogP contribution in [0.4, 0.5) is 21.0 Å². The highest BCUT2D eigenvalue weighted by molar-refractivity contribution is 5.98. The van der Waals surface area contributed by atoms with Crippen LogP contribution in [-0.2, 0) is 0 Å². The molecule has 0 spiro atoms. The number of urea groups is 2. The van der Waals surface area contributed by atoms with Gasteiger partial charge in [0.25, 0.3) is 0 Å². The predicted octanol–water partition coefficient (Wildman–Crippen LogP) is -1.40. The maximum absolute atomic E-state index is 10.9. The normalized spacial score (nSPS) is 9.62. The second kappa shape index (κ2) is 4.42. The Morgan fingerprint density at radius 2 is 1.56 bits per heavy atom. The Morgan fingerprint density at radius 1 is 1.06 bits per heavy atom. The summed E-state index contributed by atoms with van der Waals surface area (Å²) in [6.45, 7) is 0. The lowest BCUT2D eigenvalue weighted by Gasteiger charge is -2.21. The van der Waals surface area contributed by atoms with Gasteiger partial charge in [-0.05, 0) is 6.07 Å². The van der Waals surface area contributed by atoms with Crippen molar-refractivity contribution in [2.75, 3.05) is 10.0 Å². The summed E-state index contributed by atoms with van der Waals surface area (Å²) >= 11 is 0. The summed E-state index contributed by atoms with van der Waals surface area (Å²) < 4.78 is 0. The van der Waals surface area contributed by atoms with E-state index in [-0.39, 0.29) is 11.4 Å². The summed E-state index contributed by atoms with van der Waals surface area (Å²) in [6.07, 6.45) is 2.58. The van der Waals surface area contributed by atoms with E-state index in [2.05, 4.69) is 4.98 Å². The summed E-state index contributed by atoms with van der Waals surface area (Å²) in [5, 5.41) is 1.23. The molecule has 0 aliphatic rings. The number of nitrogens with zero attached hydrogens (tertiary/aromatic N) is 3. The van der Waals surface area contributed by atoms with Crippen LogP contribution in [0.2, 0.25) is 0 Å². The van der Waals surface area contributed by atoms with Crippen molar-refractivity contribution in [3.05, 3.63) is 18.5 Å². The third kappa shape index (κ3) is 2.16. The molecule has 0 aromatic carbocycles. The van der Waals surface area contributed by atoms with E-state index >= 15 is 0 Å². The van der Waals surface area contributed by atoms with Crippen molar-refractivity contribution in [1.82, 2.24) is 4.98 Å². The second-order valence-corrected chi connectivity index (χ2v) is 2.78. The number of primary amides is 2. The molecule has 0 aliphatic carbocycles. The molecule has 1 aromatic heterocycles. The number of hydrogen-bond donors (Lipinski definition) is 4. The summed E-state index contributed by atoms with van der Waals surface area (Å²) in [5.74, 6) is 10.7. The van der Waals surface area contributed by atoms with Crippen molar-refractivity contribution in [2.45, 2.75) is 0 Å². The highest BCUT2D eigenvalue weighted by atomic mass is 16.2. The number of hydrogen-bond acceptors (Lipinski definition) is 5. The third-order valence-electron chi connectivity index (χ3n) is 1.77. The van der Waals surface area contributed by atoms with E-state index in [4.69, 9.17) is 23.2 Å². The average Bonchev–Trinajstić information content (AvgIpc) is 2.26. The number of pyridine rings is 1. The monoisotopic (exact) mass is 225 g/mol. The van der Waals surface area contributed by atoms with Crippen LogP contribution in [0, 0.1) is 0 Å². The maximum Gasteiger partial charge on any atom is 0.333 e. The van der Waals surface area contributed by atoms with E-state index < -0.39 is 12.1 Å². The van der Waals surface area contributed by atoms with Crippen molar-refractivity contribution in [3.63, 3.8) is 0 Å². The van der Waals surface area contributed by atoms with Gasteiger partial charge in [0.05, 0.1) is 11.9 Å². The van der Waals surface area contributed by atoms with Crippen molar-refractivity contribution in [1.29, 1.82) is 0 Å². The van der Waals surface area contributed by atoms with Crippen LogP contribution < -0.4 is 33.2 Å². The van der Waals surface area contributed by atoms with Crippen LogP contribution in [0.3, 0.4) is 0 Å². The minimum Gasteiger partial charge on any atom is -0.350 e. The fraction of sp³-hybridized carbons (Fsp3) is 0. The van der Waals surface area contributed by atoms with E-state index in [1.165, 1.54) is 18.5 Å². The standard InChI is InChI=1S/C7H11N7O2/c8-6(15)13(10)4-1-2-12-3-5(4)14(11)7(9)16/h1-3H,10-11H2,(H2,8,15)(H2,9,16). The predicted molar refractivity (Wildman–Crippen MR) is 56.7 cm³/mol. The first kappa shape index (κ1) is 11.7. The third-order valence-corrected chi connectivity index (χ3v) is 1.77. The Labute approximate surface area is 90.5 Å². The zero-order valence-electron chi connectivity index (χ0n) is 8.20. The van der Waals surface area contributed by atoms with Gasteiger partial charge in [-0.25, -0.2) is 31.3 Å². The number of carbonyl (C=O) groups excluding carboxylic acids is 2. The molecule has 0 aliphatic heterocycles. The molecular formula is C7H11N7O2. The Bertz CT molecular complexity index is 382. The van der Waals surface area contributed by atoms with Crippen LogP contribution in [0.15, 0.2) is 18.5 Å². The molecule has 1 aromatic rings. The largest absolute Gasteiger partial charge is 0.350 e. The molecule has 16 heavy (non-hydrogen) atoms. The number of aromatic nitrogens is 1. The van der Waals surface area contributed by atoms with Gasteiger partial charge in [-0.1, -0.05) is 0 Å². The van der Waals surface area contributed by atoms with Crippen molar-refractivity contribution in [3.8, 4) is 0 Å². The van der Waals surface area contributed by atoms with Gasteiger partial charge in [0.1, 0.15) is 5.69 Å². The van der Waals surface area contributed by atoms with Crippen LogP contribution in [0.1, 0.15) is 0 Å². The van der Waals surface area contributed by atoms with Gasteiger partial charge in [0.15, 0.2) is 0 Å². The van der Waals surface area contributed by atoms with Gasteiger partial charge in [-0.15, -0.1) is 0 Å². The summed E-state index contributed by atoms with van der Waals surface area (Å²) in [6, 6.07) is -0.472. The molecule has 1 heterocycles. The molecule has 4 amide bonds. The van der Waals surface area contributed by atoms with E-state index in [0.717, 1.165) is 0 Å².